The molecule has 4 amide bonds. The minimum atomic E-state index is -0.814. The molecule has 1 saturated heterocycles. The number of phenolic OH excluding ortho intramolecular Hbond substituents is 1. The SMILES string of the molecule is CCOc1cc(/C=C2\C(=O)NC(=O)N(c3ccc(C)c(C)c3)C2=O)c(Br)c(Br)c1O. The molecule has 1 aliphatic heterocycles. The Morgan fingerprint density at radius 3 is 2.43 bits per heavy atom. The lowest BCUT2D eigenvalue weighted by Crippen LogP contribution is -2.54. The molecular formula is C21H18Br2N2O5. The van der Waals surface area contributed by atoms with Crippen molar-refractivity contribution in [1.82, 2.24) is 5.32 Å². The Bertz CT molecular complexity index is 1110. The molecule has 156 valence electrons. The summed E-state index contributed by atoms with van der Waals surface area (Å²) in [5.41, 5.74) is 2.46. The van der Waals surface area contributed by atoms with Gasteiger partial charge in [-0.05, 0) is 93.6 Å². The monoisotopic (exact) mass is 536 g/mol. The van der Waals surface area contributed by atoms with Crippen LogP contribution in [0.3, 0.4) is 0 Å². The van der Waals surface area contributed by atoms with E-state index in [9.17, 15) is 19.5 Å². The molecule has 30 heavy (non-hydrogen) atoms. The maximum absolute atomic E-state index is 13.1. The van der Waals surface area contributed by atoms with E-state index < -0.39 is 17.8 Å². The predicted molar refractivity (Wildman–Crippen MR) is 120 cm³/mol. The van der Waals surface area contributed by atoms with E-state index in [0.29, 0.717) is 26.8 Å². The molecule has 0 aromatic heterocycles. The summed E-state index contributed by atoms with van der Waals surface area (Å²) in [5, 5.41) is 12.4. The van der Waals surface area contributed by atoms with Crippen LogP contribution in [-0.2, 0) is 9.59 Å². The van der Waals surface area contributed by atoms with E-state index in [-0.39, 0.29) is 17.1 Å². The van der Waals surface area contributed by atoms with Gasteiger partial charge in [0.15, 0.2) is 11.5 Å². The van der Waals surface area contributed by atoms with Crippen LogP contribution in [0.25, 0.3) is 6.08 Å². The number of imide groups is 2. The summed E-state index contributed by atoms with van der Waals surface area (Å²) in [5.74, 6) is -1.48. The van der Waals surface area contributed by atoms with Crippen molar-refractivity contribution in [3.8, 4) is 11.5 Å². The van der Waals surface area contributed by atoms with Crippen LogP contribution in [-0.4, -0.2) is 29.6 Å². The molecule has 1 heterocycles. The number of nitrogens with one attached hydrogen (secondary N) is 1. The fourth-order valence-corrected chi connectivity index (χ4v) is 3.74. The average molecular weight is 538 g/mol. The molecule has 0 saturated carbocycles. The standard InChI is InChI=1S/C21H18Br2N2O5/c1-4-30-15-9-12(16(22)17(23)18(15)26)8-14-19(27)24-21(29)25(20(14)28)13-6-5-10(2)11(3)7-13/h5-9,26H,4H2,1-3H3,(H,24,27,29)/b14-8+. The number of rotatable bonds is 4. The minimum absolute atomic E-state index is 0.114. The Kier molecular flexibility index (Phi) is 6.33. The Balaban J connectivity index is 2.10. The molecule has 0 aliphatic carbocycles. The molecule has 1 aliphatic rings. The predicted octanol–water partition coefficient (Wildman–Crippen LogP) is 4.60. The largest absolute Gasteiger partial charge is 0.503 e. The first-order chi connectivity index (χ1) is 14.1. The number of carbonyl (C=O) groups is 3. The lowest BCUT2D eigenvalue weighted by molar-refractivity contribution is -0.122. The zero-order chi connectivity index (χ0) is 22.2. The van der Waals surface area contributed by atoms with Gasteiger partial charge >= 0.3 is 6.03 Å². The lowest BCUT2D eigenvalue weighted by atomic mass is 10.0. The van der Waals surface area contributed by atoms with Crippen molar-refractivity contribution >= 4 is 61.5 Å². The highest BCUT2D eigenvalue weighted by Crippen LogP contribution is 2.42. The van der Waals surface area contributed by atoms with Gasteiger partial charge in [-0.15, -0.1) is 0 Å². The molecule has 0 radical (unpaired) electrons. The van der Waals surface area contributed by atoms with Crippen molar-refractivity contribution in [2.45, 2.75) is 20.8 Å². The van der Waals surface area contributed by atoms with E-state index in [0.717, 1.165) is 16.0 Å². The molecule has 2 N–H and O–H groups in total. The molecule has 1 fully saturated rings. The number of nitrogens with zero attached hydrogens (tertiary/aromatic N) is 1. The summed E-state index contributed by atoms with van der Waals surface area (Å²) >= 11 is 6.60. The van der Waals surface area contributed by atoms with Crippen LogP contribution in [0.15, 0.2) is 38.8 Å². The van der Waals surface area contributed by atoms with Gasteiger partial charge in [0.25, 0.3) is 11.8 Å². The van der Waals surface area contributed by atoms with Crippen LogP contribution in [0.2, 0.25) is 0 Å². The third-order valence-electron chi connectivity index (χ3n) is 4.62. The number of barbiturate groups is 1. The third kappa shape index (κ3) is 3.99. The highest BCUT2D eigenvalue weighted by atomic mass is 79.9. The zero-order valence-corrected chi connectivity index (χ0v) is 19.5. The number of urea groups is 1. The first-order valence-corrected chi connectivity index (χ1v) is 10.6. The highest BCUT2D eigenvalue weighted by Gasteiger charge is 2.37. The Morgan fingerprint density at radius 2 is 1.80 bits per heavy atom. The fourth-order valence-electron chi connectivity index (χ4n) is 2.89. The van der Waals surface area contributed by atoms with Gasteiger partial charge in [0.2, 0.25) is 0 Å². The van der Waals surface area contributed by atoms with Gasteiger partial charge < -0.3 is 9.84 Å². The second kappa shape index (κ2) is 8.61. The topological polar surface area (TPSA) is 95.9 Å². The van der Waals surface area contributed by atoms with E-state index in [4.69, 9.17) is 4.74 Å². The minimum Gasteiger partial charge on any atom is -0.503 e. The van der Waals surface area contributed by atoms with Crippen molar-refractivity contribution in [2.75, 3.05) is 11.5 Å². The van der Waals surface area contributed by atoms with E-state index in [2.05, 4.69) is 37.2 Å². The smallest absolute Gasteiger partial charge is 0.335 e. The Morgan fingerprint density at radius 1 is 1.10 bits per heavy atom. The summed E-state index contributed by atoms with van der Waals surface area (Å²) in [6, 6.07) is 5.84. The summed E-state index contributed by atoms with van der Waals surface area (Å²) in [7, 11) is 0. The van der Waals surface area contributed by atoms with Gasteiger partial charge in [0.05, 0.1) is 16.8 Å². The van der Waals surface area contributed by atoms with Gasteiger partial charge in [0, 0.05) is 4.47 Å². The number of halogens is 2. The number of aryl methyl sites for hydroxylation is 2. The van der Waals surface area contributed by atoms with Crippen LogP contribution in [0.4, 0.5) is 10.5 Å². The first kappa shape index (κ1) is 22.0. The van der Waals surface area contributed by atoms with E-state index in [1.165, 1.54) is 12.1 Å². The van der Waals surface area contributed by atoms with E-state index in [1.54, 1.807) is 25.1 Å². The molecule has 2 aromatic carbocycles. The number of benzene rings is 2. The van der Waals surface area contributed by atoms with Gasteiger partial charge in [-0.1, -0.05) is 6.07 Å². The number of carbonyl (C=O) groups excluding carboxylic acids is 3. The maximum Gasteiger partial charge on any atom is 0.335 e. The molecule has 7 nitrogen and oxygen atoms in total. The zero-order valence-electron chi connectivity index (χ0n) is 16.4. The molecule has 2 aromatic rings. The van der Waals surface area contributed by atoms with Crippen LogP contribution >= 0.6 is 31.9 Å². The van der Waals surface area contributed by atoms with Gasteiger partial charge in [-0.2, -0.15) is 0 Å². The Labute approximate surface area is 190 Å². The molecule has 0 atom stereocenters. The number of amides is 4. The fraction of sp³-hybridized carbons (Fsp3) is 0.190. The van der Waals surface area contributed by atoms with Crippen LogP contribution in [0.1, 0.15) is 23.6 Å². The molecule has 0 bridgehead atoms. The summed E-state index contributed by atoms with van der Waals surface area (Å²) in [6.45, 7) is 5.86. The van der Waals surface area contributed by atoms with E-state index in [1.807, 2.05) is 13.8 Å². The van der Waals surface area contributed by atoms with Crippen LogP contribution in [0, 0.1) is 13.8 Å². The molecule has 9 heteroatoms. The molecule has 3 rings (SSSR count). The highest BCUT2D eigenvalue weighted by molar-refractivity contribution is 9.13. The Hall–Kier alpha value is -2.65. The third-order valence-corrected chi connectivity index (χ3v) is 6.78. The number of aromatic hydroxyl groups is 1. The maximum atomic E-state index is 13.1. The number of ether oxygens (including phenoxy) is 1. The number of hydrogen-bond acceptors (Lipinski definition) is 5. The van der Waals surface area contributed by atoms with Gasteiger partial charge in [-0.25, -0.2) is 9.69 Å². The summed E-state index contributed by atoms with van der Waals surface area (Å²) in [6.07, 6.45) is 1.34. The van der Waals surface area contributed by atoms with Crippen molar-refractivity contribution in [1.29, 1.82) is 0 Å². The lowest BCUT2D eigenvalue weighted by Gasteiger charge is -2.27. The second-order valence-electron chi connectivity index (χ2n) is 6.60. The molecular weight excluding hydrogens is 520 g/mol. The van der Waals surface area contributed by atoms with Crippen LogP contribution in [0.5, 0.6) is 11.5 Å². The van der Waals surface area contributed by atoms with Crippen molar-refractivity contribution in [3.05, 3.63) is 55.5 Å². The van der Waals surface area contributed by atoms with Crippen molar-refractivity contribution in [3.63, 3.8) is 0 Å². The second-order valence-corrected chi connectivity index (χ2v) is 8.19. The van der Waals surface area contributed by atoms with Crippen LogP contribution < -0.4 is 15.0 Å². The average Bonchev–Trinajstić information content (AvgIpc) is 2.69. The molecule has 0 spiro atoms. The number of hydrogen-bond donors (Lipinski definition) is 2. The van der Waals surface area contributed by atoms with Gasteiger partial charge in [-0.3, -0.25) is 14.9 Å². The van der Waals surface area contributed by atoms with E-state index >= 15 is 0 Å². The quantitative estimate of drug-likeness (QED) is 0.439. The summed E-state index contributed by atoms with van der Waals surface area (Å²) < 4.78 is 6.14. The van der Waals surface area contributed by atoms with Gasteiger partial charge in [0.1, 0.15) is 5.57 Å². The normalized spacial score (nSPS) is 15.6. The first-order valence-electron chi connectivity index (χ1n) is 8.98. The van der Waals surface area contributed by atoms with Crippen molar-refractivity contribution in [2.24, 2.45) is 0 Å². The molecule has 0 unspecified atom stereocenters. The summed E-state index contributed by atoms with van der Waals surface area (Å²) in [4.78, 5) is 38.8. The number of phenols is 1. The number of anilines is 1. The van der Waals surface area contributed by atoms with Crippen molar-refractivity contribution < 1.29 is 24.2 Å².